The molecule has 2 aromatic rings. The van der Waals surface area contributed by atoms with E-state index in [1.807, 2.05) is 12.1 Å². The van der Waals surface area contributed by atoms with Gasteiger partial charge in [0.25, 0.3) is 10.0 Å². The first-order valence-corrected chi connectivity index (χ1v) is 9.99. The molecule has 24 heavy (non-hydrogen) atoms. The van der Waals surface area contributed by atoms with Gasteiger partial charge in [0.15, 0.2) is 0 Å². The second-order valence-corrected chi connectivity index (χ2v) is 8.13. The summed E-state index contributed by atoms with van der Waals surface area (Å²) in [5.41, 5.74) is 1.71. The molecule has 1 aliphatic rings. The summed E-state index contributed by atoms with van der Waals surface area (Å²) in [6.07, 6.45) is 0. The molecule has 5 nitrogen and oxygen atoms in total. The van der Waals surface area contributed by atoms with E-state index in [-0.39, 0.29) is 4.90 Å². The van der Waals surface area contributed by atoms with Gasteiger partial charge >= 0.3 is 0 Å². The zero-order valence-electron chi connectivity index (χ0n) is 13.1. The Balaban J connectivity index is 1.68. The van der Waals surface area contributed by atoms with Crippen LogP contribution < -0.4 is 4.72 Å². The summed E-state index contributed by atoms with van der Waals surface area (Å²) in [4.78, 5) is 2.55. The van der Waals surface area contributed by atoms with E-state index in [1.54, 1.807) is 36.4 Å². The Morgan fingerprint density at radius 2 is 1.71 bits per heavy atom. The van der Waals surface area contributed by atoms with Crippen LogP contribution in [0.3, 0.4) is 0 Å². The Labute approximate surface area is 150 Å². The van der Waals surface area contributed by atoms with Crippen LogP contribution in [0.4, 0.5) is 5.69 Å². The van der Waals surface area contributed by atoms with E-state index >= 15 is 0 Å². The Hall–Kier alpha value is -1.41. The zero-order valence-corrected chi connectivity index (χ0v) is 15.5. The highest BCUT2D eigenvalue weighted by Gasteiger charge is 2.17. The maximum absolute atomic E-state index is 12.5. The van der Waals surface area contributed by atoms with Crippen molar-refractivity contribution in [3.05, 3.63) is 58.6 Å². The normalized spacial score (nSPS) is 16.0. The first-order valence-electron chi connectivity index (χ1n) is 7.71. The van der Waals surface area contributed by atoms with Gasteiger partial charge in [0.05, 0.1) is 13.2 Å². The highest BCUT2D eigenvalue weighted by molar-refractivity contribution is 9.10. The Morgan fingerprint density at radius 1 is 1.04 bits per heavy atom. The minimum atomic E-state index is -3.61. The molecule has 0 bridgehead atoms. The molecule has 1 saturated heterocycles. The van der Waals surface area contributed by atoms with E-state index in [1.165, 1.54) is 0 Å². The number of halogens is 1. The SMILES string of the molecule is O=S(=O)(Nc1ccc(CN2CCOCC2)cc1)c1ccccc1Br. The third kappa shape index (κ3) is 4.36. The van der Waals surface area contributed by atoms with Gasteiger partial charge in [-0.3, -0.25) is 9.62 Å². The molecule has 1 fully saturated rings. The van der Waals surface area contributed by atoms with E-state index in [0.29, 0.717) is 10.2 Å². The molecule has 0 amide bonds. The molecule has 0 aromatic heterocycles. The fourth-order valence-electron chi connectivity index (χ4n) is 2.57. The molecule has 2 aromatic carbocycles. The largest absolute Gasteiger partial charge is 0.379 e. The van der Waals surface area contributed by atoms with Crippen molar-refractivity contribution in [2.24, 2.45) is 0 Å². The van der Waals surface area contributed by atoms with Crippen LogP contribution in [0.5, 0.6) is 0 Å². The lowest BCUT2D eigenvalue weighted by Gasteiger charge is -2.26. The van der Waals surface area contributed by atoms with Crippen molar-refractivity contribution in [2.75, 3.05) is 31.0 Å². The molecular weight excluding hydrogens is 392 g/mol. The molecule has 0 spiro atoms. The summed E-state index contributed by atoms with van der Waals surface area (Å²) in [5, 5.41) is 0. The van der Waals surface area contributed by atoms with E-state index in [2.05, 4.69) is 25.6 Å². The molecule has 0 radical (unpaired) electrons. The summed E-state index contributed by atoms with van der Waals surface area (Å²) >= 11 is 3.28. The van der Waals surface area contributed by atoms with Crippen LogP contribution in [0.2, 0.25) is 0 Å². The average molecular weight is 411 g/mol. The van der Waals surface area contributed by atoms with Crippen molar-refractivity contribution in [2.45, 2.75) is 11.4 Å². The topological polar surface area (TPSA) is 58.6 Å². The smallest absolute Gasteiger partial charge is 0.263 e. The predicted octanol–water partition coefficient (Wildman–Crippen LogP) is 3.08. The average Bonchev–Trinajstić information content (AvgIpc) is 2.58. The van der Waals surface area contributed by atoms with Crippen molar-refractivity contribution < 1.29 is 13.2 Å². The summed E-state index contributed by atoms with van der Waals surface area (Å²) in [6.45, 7) is 4.24. The van der Waals surface area contributed by atoms with Crippen LogP contribution in [0.15, 0.2) is 57.9 Å². The van der Waals surface area contributed by atoms with Gasteiger partial charge in [0.1, 0.15) is 4.90 Å². The number of rotatable bonds is 5. The van der Waals surface area contributed by atoms with Gasteiger partial charge in [0, 0.05) is 29.8 Å². The molecule has 7 heteroatoms. The van der Waals surface area contributed by atoms with Crippen LogP contribution >= 0.6 is 15.9 Å². The van der Waals surface area contributed by atoms with Crippen LogP contribution in [-0.2, 0) is 21.3 Å². The molecule has 1 aliphatic heterocycles. The number of anilines is 1. The first-order chi connectivity index (χ1) is 11.5. The van der Waals surface area contributed by atoms with Crippen LogP contribution in [0, 0.1) is 0 Å². The lowest BCUT2D eigenvalue weighted by Crippen LogP contribution is -2.35. The molecule has 128 valence electrons. The van der Waals surface area contributed by atoms with Gasteiger partial charge in [-0.15, -0.1) is 0 Å². The molecule has 0 aliphatic carbocycles. The highest BCUT2D eigenvalue weighted by atomic mass is 79.9. The maximum Gasteiger partial charge on any atom is 0.263 e. The number of sulfonamides is 1. The highest BCUT2D eigenvalue weighted by Crippen LogP contribution is 2.24. The molecule has 1 heterocycles. The number of benzene rings is 2. The van der Waals surface area contributed by atoms with Crippen molar-refractivity contribution in [1.82, 2.24) is 4.90 Å². The fraction of sp³-hybridized carbons (Fsp3) is 0.294. The fourth-order valence-corrected chi connectivity index (χ4v) is 4.63. The standard InChI is InChI=1S/C17H19BrN2O3S/c18-16-3-1-2-4-17(16)24(21,22)19-15-7-5-14(6-8-15)13-20-9-11-23-12-10-20/h1-8,19H,9-13H2. The van der Waals surface area contributed by atoms with Crippen molar-refractivity contribution >= 4 is 31.6 Å². The molecule has 0 unspecified atom stereocenters. The third-order valence-corrected chi connectivity index (χ3v) is 6.24. The van der Waals surface area contributed by atoms with Crippen LogP contribution in [0.1, 0.15) is 5.56 Å². The molecule has 0 saturated carbocycles. The minimum Gasteiger partial charge on any atom is -0.379 e. The van der Waals surface area contributed by atoms with Gasteiger partial charge in [0.2, 0.25) is 0 Å². The Bertz CT molecular complexity index is 788. The number of ether oxygens (including phenoxy) is 1. The number of hydrogen-bond acceptors (Lipinski definition) is 4. The third-order valence-electron chi connectivity index (χ3n) is 3.84. The van der Waals surface area contributed by atoms with Crippen molar-refractivity contribution in [3.63, 3.8) is 0 Å². The monoisotopic (exact) mass is 410 g/mol. The molecule has 3 rings (SSSR count). The predicted molar refractivity (Wildman–Crippen MR) is 97.5 cm³/mol. The maximum atomic E-state index is 12.5. The van der Waals surface area contributed by atoms with Crippen molar-refractivity contribution in [1.29, 1.82) is 0 Å². The van der Waals surface area contributed by atoms with Crippen molar-refractivity contribution in [3.8, 4) is 0 Å². The summed E-state index contributed by atoms with van der Waals surface area (Å²) < 4.78 is 33.4. The van der Waals surface area contributed by atoms with Gasteiger partial charge in [-0.25, -0.2) is 8.42 Å². The minimum absolute atomic E-state index is 0.224. The van der Waals surface area contributed by atoms with Gasteiger partial charge in [-0.2, -0.15) is 0 Å². The number of morpholine rings is 1. The Morgan fingerprint density at radius 3 is 2.38 bits per heavy atom. The van der Waals surface area contributed by atoms with Crippen LogP contribution in [0.25, 0.3) is 0 Å². The van der Waals surface area contributed by atoms with Gasteiger partial charge in [-0.05, 0) is 45.8 Å². The molecule has 1 N–H and O–H groups in total. The Kier molecular flexibility index (Phi) is 5.55. The summed E-state index contributed by atoms with van der Waals surface area (Å²) in [5.74, 6) is 0. The number of hydrogen-bond donors (Lipinski definition) is 1. The van der Waals surface area contributed by atoms with E-state index in [0.717, 1.165) is 38.4 Å². The summed E-state index contributed by atoms with van der Waals surface area (Å²) in [6, 6.07) is 14.3. The van der Waals surface area contributed by atoms with E-state index in [9.17, 15) is 8.42 Å². The quantitative estimate of drug-likeness (QED) is 0.822. The molecular formula is C17H19BrN2O3S. The van der Waals surface area contributed by atoms with E-state index in [4.69, 9.17) is 4.74 Å². The van der Waals surface area contributed by atoms with Gasteiger partial charge < -0.3 is 4.74 Å². The zero-order chi connectivity index (χ0) is 17.0. The lowest BCUT2D eigenvalue weighted by molar-refractivity contribution is 0.0342. The first kappa shape index (κ1) is 17.4. The van der Waals surface area contributed by atoms with Crippen LogP contribution in [-0.4, -0.2) is 39.6 Å². The second-order valence-electron chi connectivity index (χ2n) is 5.62. The number of nitrogens with zero attached hydrogens (tertiary/aromatic N) is 1. The second kappa shape index (κ2) is 7.65. The molecule has 0 atom stereocenters. The van der Waals surface area contributed by atoms with Gasteiger partial charge in [-0.1, -0.05) is 24.3 Å². The number of nitrogens with one attached hydrogen (secondary N) is 1. The summed E-state index contributed by atoms with van der Waals surface area (Å²) in [7, 11) is -3.61. The lowest BCUT2D eigenvalue weighted by atomic mass is 10.2. The van der Waals surface area contributed by atoms with E-state index < -0.39 is 10.0 Å².